The van der Waals surface area contributed by atoms with Crippen molar-refractivity contribution < 1.29 is 14.3 Å². The van der Waals surface area contributed by atoms with Crippen molar-refractivity contribution in [1.82, 2.24) is 10.3 Å². The third-order valence-corrected chi connectivity index (χ3v) is 3.08. The number of ether oxygens (including phenoxy) is 1. The summed E-state index contributed by atoms with van der Waals surface area (Å²) in [6.45, 7) is 2.74. The van der Waals surface area contributed by atoms with Gasteiger partial charge in [0.2, 0.25) is 0 Å². The molecule has 2 aromatic rings. The first-order chi connectivity index (χ1) is 11.1. The molecule has 1 aromatic carbocycles. The number of methoxy groups -OCH3 is 1. The number of pyridine rings is 1. The molecule has 23 heavy (non-hydrogen) atoms. The third kappa shape index (κ3) is 4.89. The Balaban J connectivity index is 2.06. The number of amides is 2. The largest absolute Gasteiger partial charge is 0.383 e. The minimum atomic E-state index is -0.359. The molecule has 0 spiro atoms. The Kier molecular flexibility index (Phi) is 5.82. The van der Waals surface area contributed by atoms with Crippen molar-refractivity contribution in [1.29, 1.82) is 0 Å². The van der Waals surface area contributed by atoms with E-state index in [1.165, 1.54) is 0 Å². The molecule has 2 amide bonds. The molecule has 0 saturated carbocycles. The van der Waals surface area contributed by atoms with Gasteiger partial charge in [-0.1, -0.05) is 18.2 Å². The Hall–Kier alpha value is -2.73. The van der Waals surface area contributed by atoms with Crippen LogP contribution in [0.5, 0.6) is 0 Å². The lowest BCUT2D eigenvalue weighted by Gasteiger charge is -2.07. The predicted octanol–water partition coefficient (Wildman–Crippen LogP) is 2.02. The van der Waals surface area contributed by atoms with E-state index in [0.29, 0.717) is 18.8 Å². The van der Waals surface area contributed by atoms with Gasteiger partial charge in [0, 0.05) is 19.3 Å². The van der Waals surface area contributed by atoms with Crippen LogP contribution in [0.2, 0.25) is 0 Å². The molecule has 0 unspecified atom stereocenters. The molecule has 2 rings (SSSR count). The molecule has 0 aliphatic carbocycles. The quantitative estimate of drug-likeness (QED) is 0.800. The number of benzene rings is 1. The lowest BCUT2D eigenvalue weighted by Crippen LogP contribution is -2.28. The van der Waals surface area contributed by atoms with Gasteiger partial charge in [0.25, 0.3) is 11.8 Å². The second-order valence-corrected chi connectivity index (χ2v) is 4.98. The van der Waals surface area contributed by atoms with Crippen LogP contribution >= 0.6 is 0 Å². The molecule has 1 heterocycles. The maximum absolute atomic E-state index is 12.2. The molecular formula is C17H19N3O3. The zero-order valence-electron chi connectivity index (χ0n) is 13.1. The summed E-state index contributed by atoms with van der Waals surface area (Å²) in [6.07, 6.45) is 0. The zero-order valence-corrected chi connectivity index (χ0v) is 13.1. The number of nitrogens with zero attached hydrogens (tertiary/aromatic N) is 1. The normalized spacial score (nSPS) is 10.2. The molecule has 6 heteroatoms. The molecule has 6 nitrogen and oxygen atoms in total. The van der Waals surface area contributed by atoms with Crippen molar-refractivity contribution in [3.63, 3.8) is 0 Å². The number of carbonyl (C=O) groups is 2. The summed E-state index contributed by atoms with van der Waals surface area (Å²) in [7, 11) is 1.56. The highest BCUT2D eigenvalue weighted by molar-refractivity contribution is 6.03. The van der Waals surface area contributed by atoms with Crippen molar-refractivity contribution in [2.75, 3.05) is 25.6 Å². The minimum Gasteiger partial charge on any atom is -0.383 e. The second-order valence-electron chi connectivity index (χ2n) is 4.98. The first-order valence-corrected chi connectivity index (χ1v) is 7.22. The first-order valence-electron chi connectivity index (χ1n) is 7.22. The van der Waals surface area contributed by atoms with E-state index >= 15 is 0 Å². The van der Waals surface area contributed by atoms with Crippen LogP contribution < -0.4 is 10.6 Å². The van der Waals surface area contributed by atoms with Gasteiger partial charge in [0.15, 0.2) is 0 Å². The number of aryl methyl sites for hydroxylation is 1. The Morgan fingerprint density at radius 3 is 2.48 bits per heavy atom. The Morgan fingerprint density at radius 1 is 1.09 bits per heavy atom. The van der Waals surface area contributed by atoms with Crippen LogP contribution in [0, 0.1) is 6.92 Å². The fraction of sp³-hybridized carbons (Fsp3) is 0.235. The molecular weight excluding hydrogens is 294 g/mol. The molecule has 0 atom stereocenters. The number of carbonyl (C=O) groups excluding carboxylic acids is 2. The molecule has 0 aliphatic rings. The van der Waals surface area contributed by atoms with E-state index in [4.69, 9.17) is 4.74 Å². The maximum atomic E-state index is 12.2. The molecule has 0 bridgehead atoms. The van der Waals surface area contributed by atoms with Gasteiger partial charge >= 0.3 is 0 Å². The standard InChI is InChI=1S/C17H19N3O3/c1-12-5-3-6-13(11-12)19-17(22)15-8-4-7-14(20-15)16(21)18-9-10-23-2/h3-8,11H,9-10H2,1-2H3,(H,18,21)(H,19,22). The Bertz CT molecular complexity index is 701. The van der Waals surface area contributed by atoms with Crippen molar-refractivity contribution in [3.05, 3.63) is 59.4 Å². The van der Waals surface area contributed by atoms with Crippen LogP contribution in [0.15, 0.2) is 42.5 Å². The van der Waals surface area contributed by atoms with Crippen LogP contribution in [0.1, 0.15) is 26.5 Å². The van der Waals surface area contributed by atoms with Gasteiger partial charge in [-0.25, -0.2) is 4.98 Å². The maximum Gasteiger partial charge on any atom is 0.274 e. The topological polar surface area (TPSA) is 80.3 Å². The average molecular weight is 313 g/mol. The van der Waals surface area contributed by atoms with E-state index in [0.717, 1.165) is 5.56 Å². The number of nitrogens with one attached hydrogen (secondary N) is 2. The van der Waals surface area contributed by atoms with Crippen LogP contribution in [0.4, 0.5) is 5.69 Å². The average Bonchev–Trinajstić information content (AvgIpc) is 2.55. The zero-order chi connectivity index (χ0) is 16.7. The van der Waals surface area contributed by atoms with Gasteiger partial charge in [-0.05, 0) is 36.8 Å². The smallest absolute Gasteiger partial charge is 0.274 e. The molecule has 0 aliphatic heterocycles. The number of rotatable bonds is 6. The van der Waals surface area contributed by atoms with E-state index in [-0.39, 0.29) is 23.2 Å². The van der Waals surface area contributed by atoms with Crippen LogP contribution in [0.3, 0.4) is 0 Å². The monoisotopic (exact) mass is 313 g/mol. The summed E-state index contributed by atoms with van der Waals surface area (Å²) in [5.74, 6) is -0.700. The van der Waals surface area contributed by atoms with Gasteiger partial charge < -0.3 is 15.4 Å². The Labute approximate surface area is 134 Å². The van der Waals surface area contributed by atoms with E-state index in [1.54, 1.807) is 31.4 Å². The van der Waals surface area contributed by atoms with Gasteiger partial charge in [-0.15, -0.1) is 0 Å². The van der Waals surface area contributed by atoms with Crippen LogP contribution in [-0.2, 0) is 4.74 Å². The molecule has 1 aromatic heterocycles. The Morgan fingerprint density at radius 2 is 1.78 bits per heavy atom. The summed E-state index contributed by atoms with van der Waals surface area (Å²) in [6, 6.07) is 12.2. The van der Waals surface area contributed by atoms with Gasteiger partial charge in [0.1, 0.15) is 11.4 Å². The fourth-order valence-corrected chi connectivity index (χ4v) is 1.96. The highest BCUT2D eigenvalue weighted by Crippen LogP contribution is 2.11. The lowest BCUT2D eigenvalue weighted by atomic mass is 10.2. The highest BCUT2D eigenvalue weighted by atomic mass is 16.5. The van der Waals surface area contributed by atoms with Gasteiger partial charge in [0.05, 0.1) is 6.61 Å². The molecule has 0 radical (unpaired) electrons. The minimum absolute atomic E-state index is 0.186. The second kappa shape index (κ2) is 8.05. The molecule has 2 N–H and O–H groups in total. The van der Waals surface area contributed by atoms with E-state index < -0.39 is 0 Å². The van der Waals surface area contributed by atoms with E-state index in [2.05, 4.69) is 15.6 Å². The van der Waals surface area contributed by atoms with E-state index in [1.807, 2.05) is 25.1 Å². The van der Waals surface area contributed by atoms with Crippen molar-refractivity contribution in [2.45, 2.75) is 6.92 Å². The van der Waals surface area contributed by atoms with Crippen LogP contribution in [0.25, 0.3) is 0 Å². The summed E-state index contributed by atoms with van der Waals surface area (Å²) >= 11 is 0. The number of hydrogen-bond donors (Lipinski definition) is 2. The number of hydrogen-bond acceptors (Lipinski definition) is 4. The summed E-state index contributed by atoms with van der Waals surface area (Å²) < 4.78 is 4.87. The molecule has 0 fully saturated rings. The fourth-order valence-electron chi connectivity index (χ4n) is 1.96. The summed E-state index contributed by atoms with van der Waals surface area (Å²) in [4.78, 5) is 28.3. The van der Waals surface area contributed by atoms with E-state index in [9.17, 15) is 9.59 Å². The number of anilines is 1. The van der Waals surface area contributed by atoms with Crippen molar-refractivity contribution in [2.24, 2.45) is 0 Å². The molecule has 120 valence electrons. The van der Waals surface area contributed by atoms with Crippen LogP contribution in [-0.4, -0.2) is 37.1 Å². The summed E-state index contributed by atoms with van der Waals surface area (Å²) in [5, 5.41) is 5.43. The SMILES string of the molecule is COCCNC(=O)c1cccc(C(=O)Nc2cccc(C)c2)n1. The summed E-state index contributed by atoms with van der Waals surface area (Å²) in [5.41, 5.74) is 2.11. The third-order valence-electron chi connectivity index (χ3n) is 3.08. The van der Waals surface area contributed by atoms with Crippen molar-refractivity contribution in [3.8, 4) is 0 Å². The van der Waals surface area contributed by atoms with Gasteiger partial charge in [-0.3, -0.25) is 9.59 Å². The highest BCUT2D eigenvalue weighted by Gasteiger charge is 2.12. The predicted molar refractivity (Wildman–Crippen MR) is 87.6 cm³/mol. The van der Waals surface area contributed by atoms with Gasteiger partial charge in [-0.2, -0.15) is 0 Å². The number of aromatic nitrogens is 1. The lowest BCUT2D eigenvalue weighted by molar-refractivity contribution is 0.0932. The van der Waals surface area contributed by atoms with Crippen molar-refractivity contribution >= 4 is 17.5 Å². The molecule has 0 saturated heterocycles. The first kappa shape index (κ1) is 16.6.